The minimum atomic E-state index is -0.602. The topological polar surface area (TPSA) is 68.0 Å². The van der Waals surface area contributed by atoms with Crippen molar-refractivity contribution in [3.8, 4) is 0 Å². The van der Waals surface area contributed by atoms with E-state index in [0.29, 0.717) is 17.3 Å². The van der Waals surface area contributed by atoms with Crippen LogP contribution in [0, 0.1) is 0 Å². The van der Waals surface area contributed by atoms with Crippen molar-refractivity contribution in [3.05, 3.63) is 59.4 Å². The number of nitrogens with one attached hydrogen (secondary N) is 1. The summed E-state index contributed by atoms with van der Waals surface area (Å²) in [6.07, 6.45) is 2.02. The average Bonchev–Trinajstić information content (AvgIpc) is 2.40. The molecule has 0 aliphatic carbocycles. The van der Waals surface area contributed by atoms with E-state index in [1.54, 1.807) is 12.1 Å². The fourth-order valence-corrected chi connectivity index (χ4v) is 1.85. The van der Waals surface area contributed by atoms with Crippen LogP contribution < -0.4 is 11.1 Å². The molecule has 0 saturated heterocycles. The fourth-order valence-electron chi connectivity index (χ4n) is 1.68. The first-order valence-corrected chi connectivity index (χ1v) is 6.25. The second-order valence-corrected chi connectivity index (χ2v) is 4.54. The number of carbonyl (C=O) groups is 1. The van der Waals surface area contributed by atoms with E-state index in [0.717, 1.165) is 5.56 Å². The van der Waals surface area contributed by atoms with Gasteiger partial charge >= 0.3 is 0 Å². The van der Waals surface area contributed by atoms with Crippen molar-refractivity contribution >= 4 is 23.2 Å². The molecule has 0 aliphatic rings. The van der Waals surface area contributed by atoms with E-state index in [9.17, 15) is 4.79 Å². The molecule has 0 unspecified atom stereocenters. The molecule has 0 bridgehead atoms. The van der Waals surface area contributed by atoms with Gasteiger partial charge in [-0.1, -0.05) is 41.9 Å². The summed E-state index contributed by atoms with van der Waals surface area (Å²) in [5, 5.41) is 3.04. The van der Waals surface area contributed by atoms with Crippen molar-refractivity contribution in [2.24, 2.45) is 5.73 Å². The SMILES string of the molecule is N[C@H](Cc1ccccc1)C(=O)Nc1ccnc(Cl)c1. The Morgan fingerprint density at radius 2 is 2.05 bits per heavy atom. The van der Waals surface area contributed by atoms with Gasteiger partial charge in [-0.2, -0.15) is 0 Å². The van der Waals surface area contributed by atoms with Gasteiger partial charge in [-0.3, -0.25) is 4.79 Å². The van der Waals surface area contributed by atoms with Gasteiger partial charge in [-0.15, -0.1) is 0 Å². The molecule has 1 aromatic heterocycles. The molecule has 4 nitrogen and oxygen atoms in total. The van der Waals surface area contributed by atoms with Crippen LogP contribution in [0.15, 0.2) is 48.7 Å². The number of benzene rings is 1. The van der Waals surface area contributed by atoms with Crippen LogP contribution in [0.3, 0.4) is 0 Å². The number of amides is 1. The molecule has 1 amide bonds. The number of carbonyl (C=O) groups excluding carboxylic acids is 1. The molecule has 0 radical (unpaired) electrons. The third-order valence-corrected chi connectivity index (χ3v) is 2.84. The van der Waals surface area contributed by atoms with Crippen LogP contribution in [-0.2, 0) is 11.2 Å². The molecule has 98 valence electrons. The lowest BCUT2D eigenvalue weighted by atomic mass is 10.1. The normalized spacial score (nSPS) is 11.9. The zero-order valence-corrected chi connectivity index (χ0v) is 11.0. The lowest BCUT2D eigenvalue weighted by Crippen LogP contribution is -2.37. The summed E-state index contributed by atoms with van der Waals surface area (Å²) in [6.45, 7) is 0. The van der Waals surface area contributed by atoms with Gasteiger partial charge in [0.25, 0.3) is 0 Å². The number of nitrogens with zero attached hydrogens (tertiary/aromatic N) is 1. The maximum Gasteiger partial charge on any atom is 0.241 e. The molecular formula is C14H14ClN3O. The highest BCUT2D eigenvalue weighted by Gasteiger charge is 2.14. The van der Waals surface area contributed by atoms with E-state index in [4.69, 9.17) is 17.3 Å². The van der Waals surface area contributed by atoms with Gasteiger partial charge in [0, 0.05) is 11.9 Å². The highest BCUT2D eigenvalue weighted by Crippen LogP contribution is 2.12. The fraction of sp³-hybridized carbons (Fsp3) is 0.143. The quantitative estimate of drug-likeness (QED) is 0.841. The predicted octanol–water partition coefficient (Wildman–Crippen LogP) is 2.24. The van der Waals surface area contributed by atoms with Crippen molar-refractivity contribution in [1.29, 1.82) is 0 Å². The van der Waals surface area contributed by atoms with Crippen molar-refractivity contribution in [3.63, 3.8) is 0 Å². The highest BCUT2D eigenvalue weighted by molar-refractivity contribution is 6.29. The summed E-state index contributed by atoms with van der Waals surface area (Å²) in [5.74, 6) is -0.244. The number of hydrogen-bond acceptors (Lipinski definition) is 3. The van der Waals surface area contributed by atoms with Crippen molar-refractivity contribution < 1.29 is 4.79 Å². The van der Waals surface area contributed by atoms with E-state index in [2.05, 4.69) is 10.3 Å². The minimum absolute atomic E-state index is 0.244. The number of rotatable bonds is 4. The monoisotopic (exact) mass is 275 g/mol. The van der Waals surface area contributed by atoms with Crippen LogP contribution in [0.25, 0.3) is 0 Å². The van der Waals surface area contributed by atoms with E-state index in [1.807, 2.05) is 30.3 Å². The molecule has 0 saturated carbocycles. The van der Waals surface area contributed by atoms with Crippen molar-refractivity contribution in [1.82, 2.24) is 4.98 Å². The first-order chi connectivity index (χ1) is 9.15. The number of aromatic nitrogens is 1. The second kappa shape index (κ2) is 6.31. The van der Waals surface area contributed by atoms with Gasteiger partial charge in [-0.05, 0) is 24.1 Å². The molecule has 0 fully saturated rings. The molecule has 2 aromatic rings. The lowest BCUT2D eigenvalue weighted by Gasteiger charge is -2.12. The van der Waals surface area contributed by atoms with Gasteiger partial charge in [0.15, 0.2) is 0 Å². The minimum Gasteiger partial charge on any atom is -0.325 e. The Hall–Kier alpha value is -1.91. The summed E-state index contributed by atoms with van der Waals surface area (Å²) in [4.78, 5) is 15.8. The van der Waals surface area contributed by atoms with E-state index in [1.165, 1.54) is 6.20 Å². The molecule has 5 heteroatoms. The van der Waals surface area contributed by atoms with Gasteiger partial charge in [0.05, 0.1) is 6.04 Å². The molecular weight excluding hydrogens is 262 g/mol. The van der Waals surface area contributed by atoms with E-state index >= 15 is 0 Å². The lowest BCUT2D eigenvalue weighted by molar-refractivity contribution is -0.117. The Balaban J connectivity index is 1.96. The van der Waals surface area contributed by atoms with Gasteiger partial charge < -0.3 is 11.1 Å². The Morgan fingerprint density at radius 3 is 2.74 bits per heavy atom. The molecule has 0 spiro atoms. The van der Waals surface area contributed by atoms with Crippen molar-refractivity contribution in [2.75, 3.05) is 5.32 Å². The number of hydrogen-bond donors (Lipinski definition) is 2. The van der Waals surface area contributed by atoms with Crippen LogP contribution in [0.5, 0.6) is 0 Å². The zero-order valence-electron chi connectivity index (χ0n) is 10.2. The number of halogens is 1. The summed E-state index contributed by atoms with van der Waals surface area (Å²) < 4.78 is 0. The van der Waals surface area contributed by atoms with Crippen molar-refractivity contribution in [2.45, 2.75) is 12.5 Å². The summed E-state index contributed by atoms with van der Waals surface area (Å²) in [6, 6.07) is 12.3. The molecule has 19 heavy (non-hydrogen) atoms. The van der Waals surface area contributed by atoms with Gasteiger partial charge in [-0.25, -0.2) is 4.98 Å². The first kappa shape index (κ1) is 13.5. The van der Waals surface area contributed by atoms with Crippen LogP contribution >= 0.6 is 11.6 Å². The third kappa shape index (κ3) is 4.05. The Labute approximate surface area is 116 Å². The van der Waals surface area contributed by atoms with E-state index < -0.39 is 6.04 Å². The number of nitrogens with two attached hydrogens (primary N) is 1. The average molecular weight is 276 g/mol. The predicted molar refractivity (Wildman–Crippen MR) is 76.0 cm³/mol. The molecule has 1 atom stereocenters. The third-order valence-electron chi connectivity index (χ3n) is 2.63. The number of anilines is 1. The maximum absolute atomic E-state index is 11.9. The molecule has 1 aromatic carbocycles. The van der Waals surface area contributed by atoms with Gasteiger partial charge in [0.1, 0.15) is 5.15 Å². The molecule has 0 aliphatic heterocycles. The van der Waals surface area contributed by atoms with Crippen LogP contribution in [0.2, 0.25) is 5.15 Å². The largest absolute Gasteiger partial charge is 0.325 e. The van der Waals surface area contributed by atoms with Crippen LogP contribution in [0.4, 0.5) is 5.69 Å². The summed E-state index contributed by atoms with van der Waals surface area (Å²) >= 11 is 5.74. The smallest absolute Gasteiger partial charge is 0.241 e. The maximum atomic E-state index is 11.9. The number of pyridine rings is 1. The molecule has 3 N–H and O–H groups in total. The molecule has 2 rings (SSSR count). The Kier molecular flexibility index (Phi) is 4.49. The van der Waals surface area contributed by atoms with Crippen LogP contribution in [-0.4, -0.2) is 16.9 Å². The standard InChI is InChI=1S/C14H14ClN3O/c15-13-9-11(6-7-17-13)18-14(19)12(16)8-10-4-2-1-3-5-10/h1-7,9,12H,8,16H2,(H,17,18,19)/t12-/m1/s1. The van der Waals surface area contributed by atoms with Gasteiger partial charge in [0.2, 0.25) is 5.91 Å². The van der Waals surface area contributed by atoms with Crippen LogP contribution in [0.1, 0.15) is 5.56 Å². The first-order valence-electron chi connectivity index (χ1n) is 5.87. The summed E-state index contributed by atoms with van der Waals surface area (Å²) in [5.41, 5.74) is 7.49. The Morgan fingerprint density at radius 1 is 1.32 bits per heavy atom. The van der Waals surface area contributed by atoms with E-state index in [-0.39, 0.29) is 5.91 Å². The molecule has 1 heterocycles. The summed E-state index contributed by atoms with van der Waals surface area (Å²) in [7, 11) is 0. The zero-order chi connectivity index (χ0) is 13.7. The second-order valence-electron chi connectivity index (χ2n) is 4.15. The highest BCUT2D eigenvalue weighted by atomic mass is 35.5. The Bertz CT molecular complexity index is 560.